The molecule has 0 aliphatic heterocycles. The van der Waals surface area contributed by atoms with Crippen molar-refractivity contribution in [2.75, 3.05) is 0 Å². The molecule has 1 unspecified atom stereocenters. The molecule has 2 aromatic rings. The molecule has 1 atom stereocenters. The Morgan fingerprint density at radius 2 is 2.22 bits per heavy atom. The number of aliphatic hydroxyl groups excluding tert-OH is 1. The minimum absolute atomic E-state index is 0.550. The maximum atomic E-state index is 10.3. The highest BCUT2D eigenvalue weighted by Gasteiger charge is 2.18. The Labute approximate surface area is 116 Å². The van der Waals surface area contributed by atoms with Crippen LogP contribution in [0.3, 0.4) is 0 Å². The van der Waals surface area contributed by atoms with Crippen LogP contribution in [-0.2, 0) is 13.0 Å². The van der Waals surface area contributed by atoms with Crippen molar-refractivity contribution in [3.63, 3.8) is 0 Å². The molecule has 2 heterocycles. The molecule has 3 nitrogen and oxygen atoms in total. The SMILES string of the molecule is CCn1nc(C)cc1CC(O)c1scc(C)c1Cl. The number of rotatable bonds is 4. The molecule has 0 radical (unpaired) electrons. The average molecular weight is 285 g/mol. The fourth-order valence-electron chi connectivity index (χ4n) is 2.00. The van der Waals surface area contributed by atoms with E-state index in [2.05, 4.69) is 5.10 Å². The Morgan fingerprint density at radius 1 is 1.50 bits per heavy atom. The second-order valence-corrected chi connectivity index (χ2v) is 5.70. The molecule has 0 aliphatic rings. The van der Waals surface area contributed by atoms with Crippen molar-refractivity contribution in [3.05, 3.63) is 38.3 Å². The lowest BCUT2D eigenvalue weighted by Crippen LogP contribution is -2.07. The van der Waals surface area contributed by atoms with E-state index in [0.717, 1.165) is 28.4 Å². The number of aromatic nitrogens is 2. The number of hydrogen-bond acceptors (Lipinski definition) is 3. The lowest BCUT2D eigenvalue weighted by atomic mass is 10.1. The molecule has 0 saturated carbocycles. The fraction of sp³-hybridized carbons (Fsp3) is 0.462. The summed E-state index contributed by atoms with van der Waals surface area (Å²) in [6.45, 7) is 6.78. The molecule has 2 rings (SSSR count). The lowest BCUT2D eigenvalue weighted by molar-refractivity contribution is 0.179. The first-order valence-corrected chi connectivity index (χ1v) is 7.23. The van der Waals surface area contributed by atoms with Crippen molar-refractivity contribution in [2.24, 2.45) is 0 Å². The molecule has 0 fully saturated rings. The molecule has 0 saturated heterocycles. The van der Waals surface area contributed by atoms with Crippen LogP contribution in [0.2, 0.25) is 5.02 Å². The quantitative estimate of drug-likeness (QED) is 0.933. The smallest absolute Gasteiger partial charge is 0.0952 e. The third-order valence-corrected chi connectivity index (χ3v) is 4.73. The van der Waals surface area contributed by atoms with Crippen molar-refractivity contribution in [1.82, 2.24) is 9.78 Å². The van der Waals surface area contributed by atoms with E-state index in [1.165, 1.54) is 11.3 Å². The first-order valence-electron chi connectivity index (χ1n) is 5.97. The molecule has 0 aliphatic carbocycles. The van der Waals surface area contributed by atoms with Gasteiger partial charge in [-0.3, -0.25) is 4.68 Å². The van der Waals surface area contributed by atoms with Crippen LogP contribution in [0.5, 0.6) is 0 Å². The van der Waals surface area contributed by atoms with E-state index >= 15 is 0 Å². The minimum Gasteiger partial charge on any atom is -0.387 e. The van der Waals surface area contributed by atoms with Gasteiger partial charge >= 0.3 is 0 Å². The molecule has 18 heavy (non-hydrogen) atoms. The van der Waals surface area contributed by atoms with E-state index < -0.39 is 6.10 Å². The number of aliphatic hydroxyl groups is 1. The van der Waals surface area contributed by atoms with Gasteiger partial charge in [0.2, 0.25) is 0 Å². The van der Waals surface area contributed by atoms with Gasteiger partial charge in [-0.25, -0.2) is 0 Å². The lowest BCUT2D eigenvalue weighted by Gasteiger charge is -2.10. The molecular formula is C13H17ClN2OS. The highest BCUT2D eigenvalue weighted by Crippen LogP contribution is 2.33. The molecule has 98 valence electrons. The van der Waals surface area contributed by atoms with Gasteiger partial charge in [0.05, 0.1) is 21.7 Å². The molecule has 0 amide bonds. The summed E-state index contributed by atoms with van der Waals surface area (Å²) in [7, 11) is 0. The fourth-order valence-corrected chi connectivity index (χ4v) is 3.31. The second-order valence-electron chi connectivity index (χ2n) is 4.41. The van der Waals surface area contributed by atoms with E-state index in [9.17, 15) is 5.11 Å². The molecule has 0 aromatic carbocycles. The molecule has 2 aromatic heterocycles. The Kier molecular flexibility index (Phi) is 4.10. The van der Waals surface area contributed by atoms with Crippen molar-refractivity contribution in [3.8, 4) is 0 Å². The zero-order valence-electron chi connectivity index (χ0n) is 10.8. The van der Waals surface area contributed by atoms with Crippen LogP contribution in [0.1, 0.15) is 34.9 Å². The average Bonchev–Trinajstić information content (AvgIpc) is 2.84. The van der Waals surface area contributed by atoms with Crippen molar-refractivity contribution in [1.29, 1.82) is 0 Å². The normalized spacial score (nSPS) is 12.9. The number of nitrogens with zero attached hydrogens (tertiary/aromatic N) is 2. The van der Waals surface area contributed by atoms with Crippen LogP contribution >= 0.6 is 22.9 Å². The van der Waals surface area contributed by atoms with Gasteiger partial charge in [-0.15, -0.1) is 11.3 Å². The maximum Gasteiger partial charge on any atom is 0.0952 e. The predicted molar refractivity (Wildman–Crippen MR) is 75.4 cm³/mol. The van der Waals surface area contributed by atoms with E-state index in [4.69, 9.17) is 11.6 Å². The van der Waals surface area contributed by atoms with Crippen LogP contribution in [0.25, 0.3) is 0 Å². The Balaban J connectivity index is 2.20. The van der Waals surface area contributed by atoms with Crippen LogP contribution in [0.4, 0.5) is 0 Å². The second kappa shape index (κ2) is 5.43. The number of aryl methyl sites for hydroxylation is 3. The first-order chi connectivity index (χ1) is 8.52. The van der Waals surface area contributed by atoms with Crippen molar-refractivity contribution in [2.45, 2.75) is 39.8 Å². The molecule has 0 spiro atoms. The van der Waals surface area contributed by atoms with Crippen LogP contribution in [0.15, 0.2) is 11.4 Å². The van der Waals surface area contributed by atoms with Crippen LogP contribution in [-0.4, -0.2) is 14.9 Å². The first kappa shape index (κ1) is 13.6. The van der Waals surface area contributed by atoms with Gasteiger partial charge in [-0.2, -0.15) is 5.10 Å². The summed E-state index contributed by atoms with van der Waals surface area (Å²) in [4.78, 5) is 0.843. The highest BCUT2D eigenvalue weighted by atomic mass is 35.5. The Hall–Kier alpha value is -0.840. The minimum atomic E-state index is -0.558. The monoisotopic (exact) mass is 284 g/mol. The maximum absolute atomic E-state index is 10.3. The van der Waals surface area contributed by atoms with Crippen LogP contribution < -0.4 is 0 Å². The van der Waals surface area contributed by atoms with Gasteiger partial charge < -0.3 is 5.11 Å². The van der Waals surface area contributed by atoms with Gasteiger partial charge in [0.15, 0.2) is 0 Å². The van der Waals surface area contributed by atoms with Gasteiger partial charge in [0, 0.05) is 18.7 Å². The van der Waals surface area contributed by atoms with E-state index in [0.29, 0.717) is 11.4 Å². The van der Waals surface area contributed by atoms with Gasteiger partial charge in [0.25, 0.3) is 0 Å². The summed E-state index contributed by atoms with van der Waals surface area (Å²) in [5.41, 5.74) is 3.05. The molecule has 1 N–H and O–H groups in total. The molecule has 0 bridgehead atoms. The van der Waals surface area contributed by atoms with Crippen LogP contribution in [0, 0.1) is 13.8 Å². The standard InChI is InChI=1S/C13H17ClN2OS/c1-4-16-10(5-9(3)15-16)6-11(17)13-12(14)8(2)7-18-13/h5,7,11,17H,4,6H2,1-3H3. The van der Waals surface area contributed by atoms with Crippen molar-refractivity contribution < 1.29 is 5.11 Å². The predicted octanol–water partition coefficient (Wildman–Crippen LogP) is 3.51. The number of thiophene rings is 1. The topological polar surface area (TPSA) is 38.0 Å². The Bertz CT molecular complexity index is 547. The number of halogens is 1. The van der Waals surface area contributed by atoms with Gasteiger partial charge in [-0.1, -0.05) is 11.6 Å². The Morgan fingerprint density at radius 3 is 2.78 bits per heavy atom. The zero-order chi connectivity index (χ0) is 13.3. The summed E-state index contributed by atoms with van der Waals surface area (Å²) in [5.74, 6) is 0. The van der Waals surface area contributed by atoms with E-state index in [-0.39, 0.29) is 0 Å². The highest BCUT2D eigenvalue weighted by molar-refractivity contribution is 7.10. The summed E-state index contributed by atoms with van der Waals surface area (Å²) in [6, 6.07) is 2.01. The zero-order valence-corrected chi connectivity index (χ0v) is 12.3. The van der Waals surface area contributed by atoms with E-state index in [1.54, 1.807) is 0 Å². The summed E-state index contributed by atoms with van der Waals surface area (Å²) >= 11 is 7.69. The summed E-state index contributed by atoms with van der Waals surface area (Å²) < 4.78 is 1.92. The largest absolute Gasteiger partial charge is 0.387 e. The van der Waals surface area contributed by atoms with E-state index in [1.807, 2.05) is 36.9 Å². The summed E-state index contributed by atoms with van der Waals surface area (Å²) in [6.07, 6.45) is -0.00782. The van der Waals surface area contributed by atoms with Gasteiger partial charge in [-0.05, 0) is 37.8 Å². The molecule has 5 heteroatoms. The third-order valence-electron chi connectivity index (χ3n) is 2.92. The van der Waals surface area contributed by atoms with Crippen molar-refractivity contribution >= 4 is 22.9 Å². The third kappa shape index (κ3) is 2.60. The molecular weight excluding hydrogens is 268 g/mol. The van der Waals surface area contributed by atoms with Gasteiger partial charge in [0.1, 0.15) is 0 Å². The summed E-state index contributed by atoms with van der Waals surface area (Å²) in [5, 5.41) is 17.3. The number of hydrogen-bond donors (Lipinski definition) is 1.